The Balaban J connectivity index is 1.58. The standard InChI is InChI=1S/C29H34N6O6/c30-25(36)15-24(29(40)41)35-27(38)22(13-17-7-2-1-3-8-17)33-28(39)23(34-26(37)21-11-6-12-31-21)14-18-16-32-20-10-5-4-9-19(18)20/h1-5,7-10,16,21-24,31-32H,6,11-15H2,(H2,30,36)(H,33,39)(H,34,37)(H,35,38)(H,40,41). The zero-order valence-corrected chi connectivity index (χ0v) is 22.4. The van der Waals surface area contributed by atoms with Crippen molar-refractivity contribution in [1.29, 1.82) is 0 Å². The van der Waals surface area contributed by atoms with Gasteiger partial charge in [-0.2, -0.15) is 0 Å². The molecule has 4 unspecified atom stereocenters. The molecule has 1 saturated heterocycles. The van der Waals surface area contributed by atoms with Gasteiger partial charge in [-0.3, -0.25) is 19.2 Å². The van der Waals surface area contributed by atoms with Crippen molar-refractivity contribution in [2.24, 2.45) is 5.73 Å². The number of fused-ring (bicyclic) bond motifs is 1. The summed E-state index contributed by atoms with van der Waals surface area (Å²) in [5.74, 6) is -4.07. The van der Waals surface area contributed by atoms with E-state index in [0.717, 1.165) is 22.9 Å². The minimum absolute atomic E-state index is 0.0409. The Kier molecular flexibility index (Phi) is 9.69. The lowest BCUT2D eigenvalue weighted by Crippen LogP contribution is -2.58. The van der Waals surface area contributed by atoms with E-state index in [-0.39, 0.29) is 18.7 Å². The molecule has 4 atom stereocenters. The van der Waals surface area contributed by atoms with Crippen LogP contribution in [0.25, 0.3) is 10.9 Å². The summed E-state index contributed by atoms with van der Waals surface area (Å²) in [7, 11) is 0. The molecule has 12 heteroatoms. The van der Waals surface area contributed by atoms with Gasteiger partial charge in [-0.25, -0.2) is 4.79 Å². The fraction of sp³-hybridized carbons (Fsp3) is 0.345. The van der Waals surface area contributed by atoms with Crippen molar-refractivity contribution < 1.29 is 29.1 Å². The SMILES string of the molecule is NC(=O)CC(NC(=O)C(Cc1ccccc1)NC(=O)C(Cc1c[nH]c2ccccc12)NC(=O)C1CCCN1)C(=O)O. The van der Waals surface area contributed by atoms with E-state index in [0.29, 0.717) is 18.5 Å². The largest absolute Gasteiger partial charge is 0.480 e. The van der Waals surface area contributed by atoms with Crippen molar-refractivity contribution in [3.05, 3.63) is 71.9 Å². The Hall–Kier alpha value is -4.71. The molecule has 4 amide bonds. The number of carbonyl (C=O) groups is 5. The summed E-state index contributed by atoms with van der Waals surface area (Å²) in [6.07, 6.45) is 2.84. The van der Waals surface area contributed by atoms with Gasteiger partial charge in [0.25, 0.3) is 0 Å². The van der Waals surface area contributed by atoms with E-state index in [1.807, 2.05) is 24.3 Å². The van der Waals surface area contributed by atoms with Crippen molar-refractivity contribution in [3.63, 3.8) is 0 Å². The number of aromatic nitrogens is 1. The number of carbonyl (C=O) groups excluding carboxylic acids is 4. The van der Waals surface area contributed by atoms with Gasteiger partial charge in [0.1, 0.15) is 18.1 Å². The summed E-state index contributed by atoms with van der Waals surface area (Å²) in [5, 5.41) is 21.4. The topological polar surface area (TPSA) is 196 Å². The van der Waals surface area contributed by atoms with Gasteiger partial charge in [0.15, 0.2) is 0 Å². The molecule has 2 aromatic carbocycles. The predicted molar refractivity (Wildman–Crippen MR) is 150 cm³/mol. The van der Waals surface area contributed by atoms with Gasteiger partial charge in [0.05, 0.1) is 12.5 Å². The van der Waals surface area contributed by atoms with E-state index in [2.05, 4.69) is 26.3 Å². The number of carboxylic acids is 1. The minimum atomic E-state index is -1.56. The zero-order valence-electron chi connectivity index (χ0n) is 22.4. The Morgan fingerprint density at radius 2 is 1.54 bits per heavy atom. The first-order valence-corrected chi connectivity index (χ1v) is 13.5. The van der Waals surface area contributed by atoms with Gasteiger partial charge < -0.3 is 37.1 Å². The van der Waals surface area contributed by atoms with Gasteiger partial charge in [-0.1, -0.05) is 48.5 Å². The molecule has 12 nitrogen and oxygen atoms in total. The van der Waals surface area contributed by atoms with Crippen LogP contribution in [0.15, 0.2) is 60.8 Å². The molecule has 2 heterocycles. The van der Waals surface area contributed by atoms with E-state index >= 15 is 0 Å². The Morgan fingerprint density at radius 3 is 2.20 bits per heavy atom. The first-order chi connectivity index (χ1) is 19.7. The molecule has 1 aliphatic rings. The van der Waals surface area contributed by atoms with Crippen LogP contribution in [0, 0.1) is 0 Å². The van der Waals surface area contributed by atoms with Crippen molar-refractivity contribution in [3.8, 4) is 0 Å². The minimum Gasteiger partial charge on any atom is -0.480 e. The number of hydrogen-bond donors (Lipinski definition) is 7. The smallest absolute Gasteiger partial charge is 0.326 e. The number of H-pyrrole nitrogens is 1. The number of amides is 4. The van der Waals surface area contributed by atoms with E-state index in [4.69, 9.17) is 5.73 Å². The molecule has 0 aliphatic carbocycles. The lowest BCUT2D eigenvalue weighted by atomic mass is 10.0. The normalized spacial score (nSPS) is 16.8. The maximum Gasteiger partial charge on any atom is 0.326 e. The van der Waals surface area contributed by atoms with Crippen molar-refractivity contribution in [2.45, 2.75) is 56.3 Å². The van der Waals surface area contributed by atoms with Crippen molar-refractivity contribution in [2.75, 3.05) is 6.54 Å². The Bertz CT molecular complexity index is 1400. The number of para-hydroxylation sites is 1. The number of nitrogens with two attached hydrogens (primary N) is 1. The Labute approximate surface area is 236 Å². The number of benzene rings is 2. The van der Waals surface area contributed by atoms with Gasteiger partial charge >= 0.3 is 5.97 Å². The van der Waals surface area contributed by atoms with Crippen LogP contribution in [0.2, 0.25) is 0 Å². The van der Waals surface area contributed by atoms with Gasteiger partial charge in [-0.05, 0) is 36.6 Å². The first-order valence-electron chi connectivity index (χ1n) is 13.5. The molecule has 0 bridgehead atoms. The predicted octanol–water partition coefficient (Wildman–Crippen LogP) is 0.120. The second kappa shape index (κ2) is 13.6. The van der Waals surface area contributed by atoms with Crippen molar-refractivity contribution in [1.82, 2.24) is 26.3 Å². The third kappa shape index (κ3) is 7.92. The summed E-state index contributed by atoms with van der Waals surface area (Å²) in [6, 6.07) is 12.2. The molecule has 0 radical (unpaired) electrons. The summed E-state index contributed by atoms with van der Waals surface area (Å²) in [5.41, 5.74) is 7.55. The van der Waals surface area contributed by atoms with E-state index in [1.54, 1.807) is 36.5 Å². The van der Waals surface area contributed by atoms with E-state index < -0.39 is 54.3 Å². The average molecular weight is 563 g/mol. The maximum atomic E-state index is 13.7. The molecular formula is C29H34N6O6. The van der Waals surface area contributed by atoms with Crippen molar-refractivity contribution >= 4 is 40.5 Å². The summed E-state index contributed by atoms with van der Waals surface area (Å²) in [4.78, 5) is 66.2. The fourth-order valence-corrected chi connectivity index (χ4v) is 4.92. The van der Waals surface area contributed by atoms with Crippen LogP contribution < -0.4 is 27.0 Å². The van der Waals surface area contributed by atoms with E-state index in [9.17, 15) is 29.1 Å². The number of primary amides is 1. The monoisotopic (exact) mass is 562 g/mol. The second-order valence-electron chi connectivity index (χ2n) is 10.1. The average Bonchev–Trinajstić information content (AvgIpc) is 3.63. The highest BCUT2D eigenvalue weighted by Crippen LogP contribution is 2.20. The van der Waals surface area contributed by atoms with Crippen LogP contribution in [0.5, 0.6) is 0 Å². The molecule has 8 N–H and O–H groups in total. The van der Waals surface area contributed by atoms with Crippen LogP contribution in [-0.2, 0) is 36.8 Å². The van der Waals surface area contributed by atoms with Gasteiger partial charge in [-0.15, -0.1) is 0 Å². The number of hydrogen-bond acceptors (Lipinski definition) is 6. The number of aromatic amines is 1. The molecule has 1 fully saturated rings. The lowest BCUT2D eigenvalue weighted by molar-refractivity contribution is -0.143. The molecule has 0 spiro atoms. The highest BCUT2D eigenvalue weighted by molar-refractivity contribution is 5.95. The second-order valence-corrected chi connectivity index (χ2v) is 10.1. The number of rotatable bonds is 13. The third-order valence-electron chi connectivity index (χ3n) is 7.04. The highest BCUT2D eigenvalue weighted by atomic mass is 16.4. The van der Waals surface area contributed by atoms with Crippen LogP contribution in [0.3, 0.4) is 0 Å². The molecule has 0 saturated carbocycles. The summed E-state index contributed by atoms with van der Waals surface area (Å²) < 4.78 is 0. The van der Waals surface area contributed by atoms with Crippen LogP contribution in [0.1, 0.15) is 30.4 Å². The van der Waals surface area contributed by atoms with Crippen LogP contribution in [0.4, 0.5) is 0 Å². The van der Waals surface area contributed by atoms with Crippen LogP contribution >= 0.6 is 0 Å². The lowest BCUT2D eigenvalue weighted by Gasteiger charge is -2.25. The molecule has 1 aliphatic heterocycles. The molecular weight excluding hydrogens is 528 g/mol. The summed E-state index contributed by atoms with van der Waals surface area (Å²) in [6.45, 7) is 0.701. The van der Waals surface area contributed by atoms with Gasteiger partial charge in [0.2, 0.25) is 23.6 Å². The first kappa shape index (κ1) is 29.3. The van der Waals surface area contributed by atoms with Gasteiger partial charge in [0, 0.05) is 29.9 Å². The summed E-state index contributed by atoms with van der Waals surface area (Å²) >= 11 is 0. The zero-order chi connectivity index (χ0) is 29.4. The highest BCUT2D eigenvalue weighted by Gasteiger charge is 2.32. The molecule has 3 aromatic rings. The van der Waals surface area contributed by atoms with E-state index in [1.165, 1.54) is 0 Å². The molecule has 216 valence electrons. The quantitative estimate of drug-likeness (QED) is 0.154. The fourth-order valence-electron chi connectivity index (χ4n) is 4.92. The Morgan fingerprint density at radius 1 is 0.878 bits per heavy atom. The number of aliphatic carboxylic acids is 1. The maximum absolute atomic E-state index is 13.7. The third-order valence-corrected chi connectivity index (χ3v) is 7.04. The van der Waals surface area contributed by atoms with Crippen LogP contribution in [-0.4, -0.2) is 70.4 Å². The molecule has 41 heavy (non-hydrogen) atoms. The molecule has 4 rings (SSSR count). The number of nitrogens with one attached hydrogen (secondary N) is 5. The molecule has 1 aromatic heterocycles. The number of carboxylic acid groups (broad SMARTS) is 1.